The zero-order chi connectivity index (χ0) is 14.3. The van der Waals surface area contributed by atoms with E-state index in [-0.39, 0.29) is 0 Å². The Morgan fingerprint density at radius 3 is 2.47 bits per heavy atom. The maximum atomic E-state index is 11.8. The number of hydrogen-bond acceptors (Lipinski definition) is 3. The van der Waals surface area contributed by atoms with Crippen LogP contribution in [0.3, 0.4) is 0 Å². The van der Waals surface area contributed by atoms with E-state index < -0.39 is 24.0 Å². The molecule has 19 heavy (non-hydrogen) atoms. The Morgan fingerprint density at radius 2 is 1.95 bits per heavy atom. The number of nitrogens with one attached hydrogen (secondary N) is 1. The molecule has 0 aromatic heterocycles. The molecule has 0 heterocycles. The fraction of sp³-hybridized carbons (Fsp3) is 0.429. The minimum absolute atomic E-state index is 0.402. The number of ether oxygens (including phenoxy) is 1. The molecule has 104 valence electrons. The third-order valence-electron chi connectivity index (χ3n) is 2.62. The predicted octanol–water partition coefficient (Wildman–Crippen LogP) is 1.82. The first-order valence-corrected chi connectivity index (χ1v) is 6.29. The van der Waals surface area contributed by atoms with Gasteiger partial charge in [-0.2, -0.15) is 0 Å². The number of aliphatic carboxylic acids is 1. The molecule has 0 saturated carbocycles. The van der Waals surface area contributed by atoms with Crippen molar-refractivity contribution in [2.75, 3.05) is 0 Å². The smallest absolute Gasteiger partial charge is 0.326 e. The highest BCUT2D eigenvalue weighted by molar-refractivity contribution is 5.86. The average molecular weight is 265 g/mol. The van der Waals surface area contributed by atoms with Crippen molar-refractivity contribution in [2.24, 2.45) is 0 Å². The molecule has 2 unspecified atom stereocenters. The second kappa shape index (κ2) is 7.41. The lowest BCUT2D eigenvalue weighted by molar-refractivity contribution is -0.143. The summed E-state index contributed by atoms with van der Waals surface area (Å²) in [6.45, 7) is 3.46. The van der Waals surface area contributed by atoms with E-state index in [1.807, 2.05) is 13.0 Å². The minimum atomic E-state index is -1.03. The van der Waals surface area contributed by atoms with Crippen LogP contribution in [0.5, 0.6) is 5.75 Å². The number of carbonyl (C=O) groups is 2. The summed E-state index contributed by atoms with van der Waals surface area (Å²) in [5, 5.41) is 11.4. The highest BCUT2D eigenvalue weighted by Gasteiger charge is 2.22. The van der Waals surface area contributed by atoms with Crippen LogP contribution in [0.2, 0.25) is 0 Å². The molecule has 1 amide bonds. The van der Waals surface area contributed by atoms with Crippen molar-refractivity contribution >= 4 is 11.9 Å². The van der Waals surface area contributed by atoms with E-state index in [0.717, 1.165) is 0 Å². The van der Waals surface area contributed by atoms with Crippen LogP contribution >= 0.6 is 0 Å². The summed E-state index contributed by atoms with van der Waals surface area (Å²) in [5.74, 6) is -0.876. The second-order valence-electron chi connectivity index (χ2n) is 4.26. The van der Waals surface area contributed by atoms with E-state index in [2.05, 4.69) is 5.32 Å². The number of para-hydroxylation sites is 1. The summed E-state index contributed by atoms with van der Waals surface area (Å²) in [5.41, 5.74) is 0. The summed E-state index contributed by atoms with van der Waals surface area (Å²) < 4.78 is 5.43. The van der Waals surface area contributed by atoms with Crippen LogP contribution < -0.4 is 10.1 Å². The van der Waals surface area contributed by atoms with Gasteiger partial charge in [-0.3, -0.25) is 4.79 Å². The van der Waals surface area contributed by atoms with Gasteiger partial charge in [-0.05, 0) is 25.5 Å². The van der Waals surface area contributed by atoms with Crippen molar-refractivity contribution in [3.8, 4) is 5.75 Å². The van der Waals surface area contributed by atoms with Crippen LogP contribution in [0.15, 0.2) is 30.3 Å². The molecular weight excluding hydrogens is 246 g/mol. The Bertz CT molecular complexity index is 419. The molecule has 0 saturated heterocycles. The standard InChI is InChI=1S/C14H19NO4/c1-3-7-12(14(17)18)15-13(16)10(2)19-11-8-5-4-6-9-11/h4-6,8-10,12H,3,7H2,1-2H3,(H,15,16)(H,17,18). The van der Waals surface area contributed by atoms with Crippen molar-refractivity contribution in [3.63, 3.8) is 0 Å². The van der Waals surface area contributed by atoms with E-state index >= 15 is 0 Å². The lowest BCUT2D eigenvalue weighted by atomic mass is 10.1. The summed E-state index contributed by atoms with van der Waals surface area (Å²) >= 11 is 0. The molecule has 0 aliphatic carbocycles. The largest absolute Gasteiger partial charge is 0.481 e. The van der Waals surface area contributed by atoms with Gasteiger partial charge in [0.2, 0.25) is 0 Å². The number of benzene rings is 1. The van der Waals surface area contributed by atoms with Crippen molar-refractivity contribution in [1.82, 2.24) is 5.32 Å². The first kappa shape index (κ1) is 15.0. The maximum Gasteiger partial charge on any atom is 0.326 e. The Morgan fingerprint density at radius 1 is 1.32 bits per heavy atom. The van der Waals surface area contributed by atoms with Crippen molar-refractivity contribution in [2.45, 2.75) is 38.8 Å². The summed E-state index contributed by atoms with van der Waals surface area (Å²) in [6.07, 6.45) is 0.353. The van der Waals surface area contributed by atoms with Gasteiger partial charge in [0.25, 0.3) is 5.91 Å². The number of carboxylic acid groups (broad SMARTS) is 1. The topological polar surface area (TPSA) is 75.6 Å². The van der Waals surface area contributed by atoms with Crippen molar-refractivity contribution in [1.29, 1.82) is 0 Å². The summed E-state index contributed by atoms with van der Waals surface area (Å²) in [6, 6.07) is 8.07. The molecule has 1 aromatic rings. The highest BCUT2D eigenvalue weighted by atomic mass is 16.5. The number of amides is 1. The molecule has 0 spiro atoms. The molecular formula is C14H19NO4. The number of hydrogen-bond donors (Lipinski definition) is 2. The van der Waals surface area contributed by atoms with E-state index in [4.69, 9.17) is 9.84 Å². The van der Waals surface area contributed by atoms with E-state index in [1.165, 1.54) is 0 Å². The van der Waals surface area contributed by atoms with Crippen molar-refractivity contribution in [3.05, 3.63) is 30.3 Å². The predicted molar refractivity (Wildman–Crippen MR) is 71.0 cm³/mol. The fourth-order valence-corrected chi connectivity index (χ4v) is 1.59. The molecule has 1 aromatic carbocycles. The van der Waals surface area contributed by atoms with Crippen LogP contribution in [-0.4, -0.2) is 29.1 Å². The molecule has 2 atom stereocenters. The van der Waals surface area contributed by atoms with Crippen LogP contribution in [0.1, 0.15) is 26.7 Å². The lowest BCUT2D eigenvalue weighted by Crippen LogP contribution is -2.46. The van der Waals surface area contributed by atoms with Crippen LogP contribution in [0.4, 0.5) is 0 Å². The summed E-state index contributed by atoms with van der Waals surface area (Å²) in [7, 11) is 0. The van der Waals surface area contributed by atoms with Gasteiger partial charge in [-0.15, -0.1) is 0 Å². The molecule has 0 bridgehead atoms. The van der Waals surface area contributed by atoms with Crippen LogP contribution in [-0.2, 0) is 9.59 Å². The molecule has 0 radical (unpaired) electrons. The number of rotatable bonds is 7. The highest BCUT2D eigenvalue weighted by Crippen LogP contribution is 2.11. The zero-order valence-electron chi connectivity index (χ0n) is 11.1. The minimum Gasteiger partial charge on any atom is -0.481 e. The quantitative estimate of drug-likeness (QED) is 0.788. The average Bonchev–Trinajstić information content (AvgIpc) is 2.39. The first-order valence-electron chi connectivity index (χ1n) is 6.29. The molecule has 0 fully saturated rings. The number of carbonyl (C=O) groups excluding carboxylic acids is 1. The molecule has 1 rings (SSSR count). The van der Waals surface area contributed by atoms with Gasteiger partial charge >= 0.3 is 5.97 Å². The van der Waals surface area contributed by atoms with E-state index in [9.17, 15) is 9.59 Å². The lowest BCUT2D eigenvalue weighted by Gasteiger charge is -2.18. The van der Waals surface area contributed by atoms with Gasteiger partial charge in [0.1, 0.15) is 11.8 Å². The SMILES string of the molecule is CCCC(NC(=O)C(C)Oc1ccccc1)C(=O)O. The van der Waals surface area contributed by atoms with E-state index in [1.54, 1.807) is 31.2 Å². The third-order valence-corrected chi connectivity index (χ3v) is 2.62. The molecule has 5 nitrogen and oxygen atoms in total. The molecule has 2 N–H and O–H groups in total. The zero-order valence-corrected chi connectivity index (χ0v) is 11.1. The molecule has 0 aliphatic heterocycles. The Hall–Kier alpha value is -2.04. The normalized spacial score (nSPS) is 13.4. The third kappa shape index (κ3) is 4.99. The Labute approximate surface area is 112 Å². The maximum absolute atomic E-state index is 11.8. The van der Waals surface area contributed by atoms with Gasteiger partial charge in [-0.25, -0.2) is 4.79 Å². The fourth-order valence-electron chi connectivity index (χ4n) is 1.59. The van der Waals surface area contributed by atoms with Gasteiger partial charge in [-0.1, -0.05) is 31.5 Å². The first-order chi connectivity index (χ1) is 9.04. The monoisotopic (exact) mass is 265 g/mol. The Kier molecular flexibility index (Phi) is 5.85. The van der Waals surface area contributed by atoms with Gasteiger partial charge in [0, 0.05) is 0 Å². The molecule has 0 aliphatic rings. The van der Waals surface area contributed by atoms with Gasteiger partial charge in [0.05, 0.1) is 0 Å². The number of carboxylic acids is 1. The van der Waals surface area contributed by atoms with Gasteiger partial charge < -0.3 is 15.2 Å². The van der Waals surface area contributed by atoms with Crippen LogP contribution in [0, 0.1) is 0 Å². The van der Waals surface area contributed by atoms with E-state index in [0.29, 0.717) is 18.6 Å². The Balaban J connectivity index is 2.54. The molecule has 5 heteroatoms. The van der Waals surface area contributed by atoms with Gasteiger partial charge in [0.15, 0.2) is 6.10 Å². The second-order valence-corrected chi connectivity index (χ2v) is 4.26. The van der Waals surface area contributed by atoms with Crippen molar-refractivity contribution < 1.29 is 19.4 Å². The summed E-state index contributed by atoms with van der Waals surface area (Å²) in [4.78, 5) is 22.8. The van der Waals surface area contributed by atoms with Crippen LogP contribution in [0.25, 0.3) is 0 Å².